The molecule has 1 heterocycles. The molecule has 0 aliphatic carbocycles. The van der Waals surface area contributed by atoms with E-state index in [1.807, 2.05) is 24.3 Å². The average Bonchev–Trinajstić information content (AvgIpc) is 2.95. The zero-order valence-electron chi connectivity index (χ0n) is 23.4. The van der Waals surface area contributed by atoms with Gasteiger partial charge in [-0.05, 0) is 53.3 Å². The summed E-state index contributed by atoms with van der Waals surface area (Å²) < 4.78 is 38.3. The largest absolute Gasteiger partial charge is 0.496 e. The van der Waals surface area contributed by atoms with Crippen molar-refractivity contribution < 1.29 is 27.5 Å². The first-order chi connectivity index (χ1) is 19.0. The van der Waals surface area contributed by atoms with E-state index in [-0.39, 0.29) is 34.8 Å². The highest BCUT2D eigenvalue weighted by atomic mass is 32.2. The number of aryl methyl sites for hydroxylation is 1. The Balaban J connectivity index is 1.42. The van der Waals surface area contributed by atoms with Gasteiger partial charge in [0, 0.05) is 36.3 Å². The normalized spacial score (nSPS) is 14.5. The predicted molar refractivity (Wildman–Crippen MR) is 155 cm³/mol. The quantitative estimate of drug-likeness (QED) is 0.374. The number of methoxy groups -OCH3 is 1. The summed E-state index contributed by atoms with van der Waals surface area (Å²) in [5, 5.41) is 2.85. The maximum atomic E-state index is 13.1. The molecule has 1 saturated heterocycles. The van der Waals surface area contributed by atoms with Crippen LogP contribution in [0.3, 0.4) is 0 Å². The third-order valence-electron chi connectivity index (χ3n) is 6.90. The minimum Gasteiger partial charge on any atom is -0.496 e. The summed E-state index contributed by atoms with van der Waals surface area (Å²) in [5.74, 6) is 0.126. The number of carbonyl (C=O) groups excluding carboxylic acids is 2. The van der Waals surface area contributed by atoms with Crippen LogP contribution in [0, 0.1) is 0 Å². The van der Waals surface area contributed by atoms with Gasteiger partial charge in [-0.2, -0.15) is 4.31 Å². The molecule has 0 radical (unpaired) electrons. The summed E-state index contributed by atoms with van der Waals surface area (Å²) in [6.07, 6.45) is 0.379. The van der Waals surface area contributed by atoms with Gasteiger partial charge in [-0.1, -0.05) is 57.2 Å². The van der Waals surface area contributed by atoms with Crippen LogP contribution in [0.1, 0.15) is 54.2 Å². The Kier molecular flexibility index (Phi) is 9.08. The lowest BCUT2D eigenvalue weighted by Crippen LogP contribution is -2.40. The second kappa shape index (κ2) is 12.3. The van der Waals surface area contributed by atoms with Crippen molar-refractivity contribution in [1.82, 2.24) is 4.31 Å². The molecule has 0 saturated carbocycles. The molecule has 0 unspecified atom stereocenters. The number of hydrogen-bond acceptors (Lipinski definition) is 6. The van der Waals surface area contributed by atoms with Gasteiger partial charge in [-0.15, -0.1) is 0 Å². The minimum absolute atomic E-state index is 0.00584. The first-order valence-electron chi connectivity index (χ1n) is 13.3. The molecule has 1 amide bonds. The fourth-order valence-electron chi connectivity index (χ4n) is 4.54. The maximum Gasteiger partial charge on any atom is 0.243 e. The first-order valence-corrected chi connectivity index (χ1v) is 14.7. The van der Waals surface area contributed by atoms with Gasteiger partial charge in [0.15, 0.2) is 5.78 Å². The molecule has 212 valence electrons. The molecule has 0 spiro atoms. The van der Waals surface area contributed by atoms with Crippen molar-refractivity contribution in [3.05, 3.63) is 89.0 Å². The van der Waals surface area contributed by atoms with E-state index in [1.54, 1.807) is 36.4 Å². The molecule has 1 aliphatic heterocycles. The van der Waals surface area contributed by atoms with Crippen LogP contribution in [-0.2, 0) is 31.4 Å². The Bertz CT molecular complexity index is 1470. The lowest BCUT2D eigenvalue weighted by atomic mass is 9.86. The van der Waals surface area contributed by atoms with E-state index in [1.165, 1.54) is 17.5 Å². The minimum atomic E-state index is -3.68. The van der Waals surface area contributed by atoms with Crippen molar-refractivity contribution in [2.75, 3.05) is 38.7 Å². The molecular formula is C31H36N2O6S. The van der Waals surface area contributed by atoms with E-state index in [4.69, 9.17) is 9.47 Å². The summed E-state index contributed by atoms with van der Waals surface area (Å²) in [7, 11) is -2.17. The number of nitrogens with one attached hydrogen (secondary N) is 1. The Morgan fingerprint density at radius 3 is 2.30 bits per heavy atom. The highest BCUT2D eigenvalue weighted by Crippen LogP contribution is 2.27. The molecule has 9 heteroatoms. The smallest absolute Gasteiger partial charge is 0.243 e. The van der Waals surface area contributed by atoms with Crippen LogP contribution in [0.25, 0.3) is 0 Å². The number of hydrogen-bond donors (Lipinski definition) is 1. The lowest BCUT2D eigenvalue weighted by Gasteiger charge is -2.26. The Hall–Kier alpha value is -3.53. The monoisotopic (exact) mass is 564 g/mol. The third-order valence-corrected chi connectivity index (χ3v) is 8.80. The lowest BCUT2D eigenvalue weighted by molar-refractivity contribution is -0.116. The van der Waals surface area contributed by atoms with Crippen molar-refractivity contribution in [3.63, 3.8) is 0 Å². The Morgan fingerprint density at radius 1 is 0.950 bits per heavy atom. The number of rotatable bonds is 9. The number of anilines is 1. The van der Waals surface area contributed by atoms with E-state index >= 15 is 0 Å². The number of ether oxygens (including phenoxy) is 2. The summed E-state index contributed by atoms with van der Waals surface area (Å²) in [6.45, 7) is 7.69. The fraction of sp³-hybridized carbons (Fsp3) is 0.355. The number of amides is 1. The van der Waals surface area contributed by atoms with Crippen LogP contribution in [0.5, 0.6) is 5.75 Å². The number of carbonyl (C=O) groups is 2. The van der Waals surface area contributed by atoms with Crippen LogP contribution in [0.2, 0.25) is 0 Å². The van der Waals surface area contributed by atoms with Crippen LogP contribution in [-0.4, -0.2) is 57.8 Å². The second-order valence-electron chi connectivity index (χ2n) is 10.8. The summed E-state index contributed by atoms with van der Waals surface area (Å²) in [4.78, 5) is 26.0. The van der Waals surface area contributed by atoms with Crippen LogP contribution >= 0.6 is 0 Å². The highest BCUT2D eigenvalue weighted by molar-refractivity contribution is 7.89. The van der Waals surface area contributed by atoms with Gasteiger partial charge >= 0.3 is 0 Å². The molecule has 40 heavy (non-hydrogen) atoms. The Labute approximate surface area is 236 Å². The molecule has 3 aromatic rings. The number of ketones is 1. The molecule has 4 rings (SSSR count). The second-order valence-corrected chi connectivity index (χ2v) is 12.7. The Morgan fingerprint density at radius 2 is 1.65 bits per heavy atom. The fourth-order valence-corrected chi connectivity index (χ4v) is 6.00. The molecule has 0 bridgehead atoms. The zero-order chi connectivity index (χ0) is 28.9. The standard InChI is InChI=1S/C31H36N2O6S/c1-31(2,3)25-11-8-22(9-12-25)30(35)24-6-5-7-26(20-24)32-29(34)15-10-23-21-27(13-14-28(23)38-4)40(36,37)33-16-18-39-19-17-33/h5-9,11-14,20-21H,10,15-19H2,1-4H3,(H,32,34). The molecule has 3 aromatic carbocycles. The highest BCUT2D eigenvalue weighted by Gasteiger charge is 2.27. The molecule has 1 aliphatic rings. The van der Waals surface area contributed by atoms with Crippen molar-refractivity contribution in [2.24, 2.45) is 0 Å². The molecule has 1 fully saturated rings. The van der Waals surface area contributed by atoms with Crippen LogP contribution < -0.4 is 10.1 Å². The summed E-state index contributed by atoms with van der Waals surface area (Å²) in [5.41, 5.74) is 3.33. The third kappa shape index (κ3) is 6.96. The van der Waals surface area contributed by atoms with Crippen molar-refractivity contribution in [3.8, 4) is 5.75 Å². The summed E-state index contributed by atoms with van der Waals surface area (Å²) in [6, 6.07) is 19.1. The van der Waals surface area contributed by atoms with E-state index < -0.39 is 10.0 Å². The zero-order valence-corrected chi connectivity index (χ0v) is 24.2. The van der Waals surface area contributed by atoms with E-state index in [0.717, 1.165) is 5.56 Å². The van der Waals surface area contributed by atoms with Gasteiger partial charge < -0.3 is 14.8 Å². The van der Waals surface area contributed by atoms with Crippen LogP contribution in [0.4, 0.5) is 5.69 Å². The average molecular weight is 565 g/mol. The van der Waals surface area contributed by atoms with Crippen molar-refractivity contribution in [1.29, 1.82) is 0 Å². The summed E-state index contributed by atoms with van der Waals surface area (Å²) >= 11 is 0. The van der Waals surface area contributed by atoms with E-state index in [9.17, 15) is 18.0 Å². The van der Waals surface area contributed by atoms with E-state index in [0.29, 0.717) is 54.4 Å². The van der Waals surface area contributed by atoms with Crippen LogP contribution in [0.15, 0.2) is 71.6 Å². The maximum absolute atomic E-state index is 13.1. The molecule has 1 N–H and O–H groups in total. The topological polar surface area (TPSA) is 102 Å². The van der Waals surface area contributed by atoms with Gasteiger partial charge in [0.25, 0.3) is 0 Å². The van der Waals surface area contributed by atoms with Gasteiger partial charge in [0.1, 0.15) is 5.75 Å². The SMILES string of the molecule is COc1ccc(S(=O)(=O)N2CCOCC2)cc1CCC(=O)Nc1cccc(C(=O)c2ccc(C(C)(C)C)cc2)c1. The van der Waals surface area contributed by atoms with Gasteiger partial charge in [-0.3, -0.25) is 9.59 Å². The number of morpholine rings is 1. The van der Waals surface area contributed by atoms with E-state index in [2.05, 4.69) is 26.1 Å². The molecule has 0 aromatic heterocycles. The van der Waals surface area contributed by atoms with Crippen molar-refractivity contribution >= 4 is 27.4 Å². The van der Waals surface area contributed by atoms with Gasteiger partial charge in [-0.25, -0.2) is 8.42 Å². The van der Waals surface area contributed by atoms with Crippen molar-refractivity contribution in [2.45, 2.75) is 43.9 Å². The molecule has 0 atom stereocenters. The predicted octanol–water partition coefficient (Wildman–Crippen LogP) is 4.82. The number of nitrogens with zero attached hydrogens (tertiary/aromatic N) is 1. The molecule has 8 nitrogen and oxygen atoms in total. The number of benzene rings is 3. The van der Waals surface area contributed by atoms with Gasteiger partial charge in [0.05, 0.1) is 25.2 Å². The first kappa shape index (κ1) is 29.5. The van der Waals surface area contributed by atoms with Gasteiger partial charge in [0.2, 0.25) is 15.9 Å². The molecular weight excluding hydrogens is 528 g/mol. The number of sulfonamides is 1.